The van der Waals surface area contributed by atoms with Crippen LogP contribution in [0.1, 0.15) is 45.4 Å². The summed E-state index contributed by atoms with van der Waals surface area (Å²) < 4.78 is 0. The summed E-state index contributed by atoms with van der Waals surface area (Å²) >= 11 is 0. The number of rotatable bonds is 3. The van der Waals surface area contributed by atoms with E-state index in [1.54, 1.807) is 0 Å². The third-order valence-electron chi connectivity index (χ3n) is 5.51. The first kappa shape index (κ1) is 12.5. The number of amides is 1. The number of nitrogens with two attached hydrogens (primary N) is 1. The molecule has 0 spiro atoms. The molecular formula is C15H26N2O. The molecule has 0 aromatic carbocycles. The molecule has 102 valence electrons. The number of carbonyl (C=O) groups excluding carboxylic acids is 1. The normalized spacial score (nSPS) is 42.9. The van der Waals surface area contributed by atoms with Gasteiger partial charge in [-0.1, -0.05) is 0 Å². The second kappa shape index (κ2) is 4.52. The Hall–Kier alpha value is -0.570. The zero-order valence-corrected chi connectivity index (χ0v) is 11.6. The Kier molecular flexibility index (Phi) is 3.13. The third-order valence-corrected chi connectivity index (χ3v) is 5.51. The van der Waals surface area contributed by atoms with Crippen molar-refractivity contribution in [2.45, 2.75) is 57.5 Å². The van der Waals surface area contributed by atoms with E-state index in [0.29, 0.717) is 12.5 Å². The first-order valence-electron chi connectivity index (χ1n) is 7.55. The van der Waals surface area contributed by atoms with Crippen molar-refractivity contribution in [1.82, 2.24) is 4.90 Å². The Bertz CT molecular complexity index is 311. The summed E-state index contributed by atoms with van der Waals surface area (Å²) in [5.74, 6) is 3.76. The lowest BCUT2D eigenvalue weighted by Gasteiger charge is -2.56. The second-order valence-electron chi connectivity index (χ2n) is 7.11. The predicted molar refractivity (Wildman–Crippen MR) is 71.9 cm³/mol. The van der Waals surface area contributed by atoms with Gasteiger partial charge in [0.1, 0.15) is 0 Å². The summed E-state index contributed by atoms with van der Waals surface area (Å²) in [4.78, 5) is 14.3. The Balaban J connectivity index is 1.70. The first-order valence-corrected chi connectivity index (χ1v) is 7.55. The molecule has 1 atom stereocenters. The van der Waals surface area contributed by atoms with Crippen LogP contribution < -0.4 is 5.73 Å². The largest absolute Gasteiger partial charge is 0.342 e. The van der Waals surface area contributed by atoms with Crippen molar-refractivity contribution < 1.29 is 4.79 Å². The lowest BCUT2D eigenvalue weighted by Crippen LogP contribution is -2.56. The summed E-state index contributed by atoms with van der Waals surface area (Å²) in [5.41, 5.74) is 5.76. The van der Waals surface area contributed by atoms with E-state index in [0.717, 1.165) is 23.7 Å². The number of hydrogen-bond donors (Lipinski definition) is 1. The number of nitrogens with zero attached hydrogens (tertiary/aromatic N) is 1. The molecule has 18 heavy (non-hydrogen) atoms. The Morgan fingerprint density at radius 2 is 1.67 bits per heavy atom. The summed E-state index contributed by atoms with van der Waals surface area (Å²) in [6.07, 6.45) is 7.44. The third kappa shape index (κ3) is 2.07. The summed E-state index contributed by atoms with van der Waals surface area (Å²) in [7, 11) is 2.01. The van der Waals surface area contributed by atoms with E-state index >= 15 is 0 Å². The summed E-state index contributed by atoms with van der Waals surface area (Å²) in [6, 6.07) is 0.501. The van der Waals surface area contributed by atoms with Crippen LogP contribution in [0.25, 0.3) is 0 Å². The molecule has 0 heterocycles. The monoisotopic (exact) mass is 250 g/mol. The van der Waals surface area contributed by atoms with Gasteiger partial charge in [-0.3, -0.25) is 4.79 Å². The van der Waals surface area contributed by atoms with Gasteiger partial charge in [0.2, 0.25) is 5.91 Å². The highest BCUT2D eigenvalue weighted by atomic mass is 16.2. The van der Waals surface area contributed by atoms with Crippen molar-refractivity contribution in [3.05, 3.63) is 0 Å². The van der Waals surface area contributed by atoms with Crippen LogP contribution in [0.2, 0.25) is 0 Å². The number of carbonyl (C=O) groups is 1. The Morgan fingerprint density at radius 1 is 1.17 bits per heavy atom. The smallest absolute Gasteiger partial charge is 0.224 e. The Labute approximate surface area is 110 Å². The lowest BCUT2D eigenvalue weighted by atomic mass is 9.54. The summed E-state index contributed by atoms with van der Waals surface area (Å²) in [5, 5.41) is 0. The van der Waals surface area contributed by atoms with E-state index < -0.39 is 0 Å². The van der Waals surface area contributed by atoms with Gasteiger partial charge < -0.3 is 10.6 Å². The summed E-state index contributed by atoms with van der Waals surface area (Å²) in [6.45, 7) is 1.92. The molecule has 0 aromatic heterocycles. The van der Waals surface area contributed by atoms with Crippen molar-refractivity contribution >= 4 is 5.91 Å². The van der Waals surface area contributed by atoms with Crippen LogP contribution in [-0.4, -0.2) is 29.9 Å². The molecule has 0 aliphatic heterocycles. The maximum atomic E-state index is 12.2. The van der Waals surface area contributed by atoms with E-state index in [1.807, 2.05) is 14.0 Å². The number of hydrogen-bond acceptors (Lipinski definition) is 2. The van der Waals surface area contributed by atoms with Crippen LogP contribution in [0, 0.1) is 23.7 Å². The molecule has 0 aromatic rings. The molecule has 4 aliphatic carbocycles. The maximum Gasteiger partial charge on any atom is 0.224 e. The Morgan fingerprint density at radius 3 is 2.11 bits per heavy atom. The topological polar surface area (TPSA) is 46.3 Å². The van der Waals surface area contributed by atoms with Gasteiger partial charge in [0, 0.05) is 25.6 Å². The molecule has 3 heteroatoms. The fraction of sp³-hybridized carbons (Fsp3) is 0.933. The van der Waals surface area contributed by atoms with Crippen LogP contribution in [0.3, 0.4) is 0 Å². The first-order chi connectivity index (χ1) is 8.54. The molecule has 1 unspecified atom stereocenters. The van der Waals surface area contributed by atoms with Crippen molar-refractivity contribution in [2.75, 3.05) is 7.05 Å². The van der Waals surface area contributed by atoms with Crippen molar-refractivity contribution in [3.63, 3.8) is 0 Å². The quantitative estimate of drug-likeness (QED) is 0.833. The van der Waals surface area contributed by atoms with E-state index in [4.69, 9.17) is 5.73 Å². The highest BCUT2D eigenvalue weighted by Gasteiger charge is 2.50. The SMILES string of the molecule is CC(N)CC(=O)N(C)C1C2CC3CC(C2)CC1C3. The van der Waals surface area contributed by atoms with E-state index in [9.17, 15) is 4.79 Å². The second-order valence-corrected chi connectivity index (χ2v) is 7.11. The molecule has 3 nitrogen and oxygen atoms in total. The van der Waals surface area contributed by atoms with E-state index in [-0.39, 0.29) is 11.9 Å². The van der Waals surface area contributed by atoms with Crippen molar-refractivity contribution in [3.8, 4) is 0 Å². The van der Waals surface area contributed by atoms with Gasteiger partial charge in [0.25, 0.3) is 0 Å². The van der Waals surface area contributed by atoms with E-state index in [1.165, 1.54) is 32.1 Å². The van der Waals surface area contributed by atoms with Crippen LogP contribution in [0.4, 0.5) is 0 Å². The van der Waals surface area contributed by atoms with Crippen LogP contribution >= 0.6 is 0 Å². The van der Waals surface area contributed by atoms with Gasteiger partial charge in [-0.05, 0) is 62.7 Å². The maximum absolute atomic E-state index is 12.2. The zero-order chi connectivity index (χ0) is 12.9. The minimum absolute atomic E-state index is 0.0169. The van der Waals surface area contributed by atoms with Crippen molar-refractivity contribution in [2.24, 2.45) is 29.4 Å². The van der Waals surface area contributed by atoms with Gasteiger partial charge in [-0.25, -0.2) is 0 Å². The molecule has 4 bridgehead atoms. The molecule has 1 amide bonds. The van der Waals surface area contributed by atoms with Crippen LogP contribution in [0.15, 0.2) is 0 Å². The molecule has 4 aliphatic rings. The molecule has 4 saturated carbocycles. The van der Waals surface area contributed by atoms with Crippen LogP contribution in [0.5, 0.6) is 0 Å². The molecule has 0 saturated heterocycles. The fourth-order valence-electron chi connectivity index (χ4n) is 5.11. The highest BCUT2D eigenvalue weighted by molar-refractivity contribution is 5.77. The lowest BCUT2D eigenvalue weighted by molar-refractivity contribution is -0.141. The standard InChI is InChI=1S/C15H26N2O/c1-9(16)3-14(18)17(2)15-12-5-10-4-11(7-12)8-13(15)6-10/h9-13,15H,3-8,16H2,1-2H3. The zero-order valence-electron chi connectivity index (χ0n) is 11.6. The van der Waals surface area contributed by atoms with Gasteiger partial charge in [0.15, 0.2) is 0 Å². The molecule has 4 fully saturated rings. The van der Waals surface area contributed by atoms with Gasteiger partial charge in [-0.2, -0.15) is 0 Å². The molecule has 0 radical (unpaired) electrons. The van der Waals surface area contributed by atoms with Gasteiger partial charge in [0.05, 0.1) is 0 Å². The van der Waals surface area contributed by atoms with Crippen molar-refractivity contribution in [1.29, 1.82) is 0 Å². The van der Waals surface area contributed by atoms with Gasteiger partial charge >= 0.3 is 0 Å². The average molecular weight is 250 g/mol. The molecular weight excluding hydrogens is 224 g/mol. The highest BCUT2D eigenvalue weighted by Crippen LogP contribution is 2.54. The van der Waals surface area contributed by atoms with E-state index in [2.05, 4.69) is 4.90 Å². The fourth-order valence-corrected chi connectivity index (χ4v) is 5.11. The minimum Gasteiger partial charge on any atom is -0.342 e. The minimum atomic E-state index is -0.0169. The molecule has 2 N–H and O–H groups in total. The van der Waals surface area contributed by atoms with Crippen LogP contribution in [-0.2, 0) is 4.79 Å². The predicted octanol–water partition coefficient (Wildman–Crippen LogP) is 2.01. The van der Waals surface area contributed by atoms with Gasteiger partial charge in [-0.15, -0.1) is 0 Å². The molecule has 4 rings (SSSR count). The average Bonchev–Trinajstić information content (AvgIpc) is 2.26.